The number of rotatable bonds is 9. The molecule has 0 radical (unpaired) electrons. The van der Waals surface area contributed by atoms with Crippen molar-refractivity contribution in [3.63, 3.8) is 0 Å². The second kappa shape index (κ2) is 11.0. The second-order valence-electron chi connectivity index (χ2n) is 10.1. The number of carbonyl (C=O) groups is 3. The highest BCUT2D eigenvalue weighted by atomic mass is 32.1. The third kappa shape index (κ3) is 5.65. The van der Waals surface area contributed by atoms with E-state index in [1.54, 1.807) is 12.1 Å². The highest BCUT2D eigenvalue weighted by Gasteiger charge is 2.40. The molecule has 6 N–H and O–H groups in total. The lowest BCUT2D eigenvalue weighted by molar-refractivity contribution is -0.662. The van der Waals surface area contributed by atoms with Gasteiger partial charge in [-0.05, 0) is 38.1 Å². The fourth-order valence-corrected chi connectivity index (χ4v) is 4.75. The molecule has 216 valence electrons. The number of aromatic hydroxyl groups is 2. The van der Waals surface area contributed by atoms with Gasteiger partial charge in [-0.25, -0.2) is 9.78 Å². The van der Waals surface area contributed by atoms with E-state index in [9.17, 15) is 29.7 Å². The number of phenols is 2. The van der Waals surface area contributed by atoms with Crippen molar-refractivity contribution in [2.75, 3.05) is 17.2 Å². The predicted octanol–water partition coefficient (Wildman–Crippen LogP) is 1.74. The minimum absolute atomic E-state index is 0.0893. The first-order chi connectivity index (χ1) is 19.9. The summed E-state index contributed by atoms with van der Waals surface area (Å²) in [5.41, 5.74) is 6.09. The number of pyridine rings is 1. The van der Waals surface area contributed by atoms with Crippen molar-refractivity contribution in [3.05, 3.63) is 71.4 Å². The number of carbonyl (C=O) groups excluding carboxylic acids is 2. The first-order valence-electron chi connectivity index (χ1n) is 12.7. The molecular weight excluding hydrogens is 564 g/mol. The fourth-order valence-electron chi connectivity index (χ4n) is 4.20. The van der Waals surface area contributed by atoms with Crippen molar-refractivity contribution in [1.29, 1.82) is 0 Å². The number of carboxylic acid groups (broad SMARTS) is 1. The highest BCUT2D eigenvalue weighted by molar-refractivity contribution is 7.13. The lowest BCUT2D eigenvalue weighted by Crippen LogP contribution is -2.65. The Kier molecular flexibility index (Phi) is 7.39. The van der Waals surface area contributed by atoms with Crippen LogP contribution in [0.1, 0.15) is 25.1 Å². The number of β-lactam (4-membered cyclic amide) rings is 1. The summed E-state index contributed by atoms with van der Waals surface area (Å²) >= 11 is 1.07. The Morgan fingerprint density at radius 1 is 1.21 bits per heavy atom. The zero-order valence-corrected chi connectivity index (χ0v) is 23.3. The van der Waals surface area contributed by atoms with Crippen LogP contribution < -0.4 is 20.5 Å². The van der Waals surface area contributed by atoms with Gasteiger partial charge in [0.2, 0.25) is 11.1 Å². The van der Waals surface area contributed by atoms with Crippen molar-refractivity contribution in [2.45, 2.75) is 32.0 Å². The van der Waals surface area contributed by atoms with Crippen LogP contribution in [0.5, 0.6) is 11.5 Å². The molecule has 0 saturated carbocycles. The van der Waals surface area contributed by atoms with Gasteiger partial charge in [-0.15, -0.1) is 11.3 Å². The van der Waals surface area contributed by atoms with Gasteiger partial charge in [-0.2, -0.15) is 4.57 Å². The molecule has 0 spiro atoms. The van der Waals surface area contributed by atoms with E-state index in [1.807, 2.05) is 35.0 Å². The number of nitrogen functional groups attached to an aromatic ring is 1. The molecule has 2 aromatic carbocycles. The van der Waals surface area contributed by atoms with Crippen molar-refractivity contribution >= 4 is 56.6 Å². The van der Waals surface area contributed by atoms with Crippen LogP contribution in [-0.4, -0.2) is 62.0 Å². The van der Waals surface area contributed by atoms with Crippen LogP contribution in [0.25, 0.3) is 10.9 Å². The van der Waals surface area contributed by atoms with E-state index < -0.39 is 23.5 Å². The van der Waals surface area contributed by atoms with E-state index in [0.29, 0.717) is 12.2 Å². The van der Waals surface area contributed by atoms with Crippen LogP contribution >= 0.6 is 11.3 Å². The van der Waals surface area contributed by atoms with Crippen LogP contribution in [0.15, 0.2) is 65.3 Å². The number of phenolic OH excluding ortho intramolecular Hbond substituents is 2. The summed E-state index contributed by atoms with van der Waals surface area (Å²) in [5.74, 6) is -2.78. The minimum Gasteiger partial charge on any atom is -0.504 e. The molecule has 42 heavy (non-hydrogen) atoms. The number of hydrogen-bond acceptors (Lipinski definition) is 10. The molecule has 0 bridgehead atoms. The number of nitrogens with one attached hydrogen (secondary N) is 1. The van der Waals surface area contributed by atoms with Gasteiger partial charge in [0.1, 0.15) is 11.7 Å². The number of nitrogens with zero attached hydrogens (tertiary/aromatic N) is 4. The third-order valence-electron chi connectivity index (χ3n) is 6.67. The van der Waals surface area contributed by atoms with Crippen molar-refractivity contribution < 1.29 is 39.1 Å². The quantitative estimate of drug-likeness (QED) is 0.0634. The van der Waals surface area contributed by atoms with Crippen molar-refractivity contribution in [2.24, 2.45) is 5.16 Å². The molecule has 0 aliphatic carbocycles. The van der Waals surface area contributed by atoms with Crippen LogP contribution in [0.2, 0.25) is 0 Å². The first-order valence-corrected chi connectivity index (χ1v) is 13.6. The third-order valence-corrected chi connectivity index (χ3v) is 7.34. The normalized spacial score (nSPS) is 15.4. The maximum Gasteiger partial charge on any atom is 0.350 e. The number of anilines is 2. The maximum absolute atomic E-state index is 13.0. The zero-order chi connectivity index (χ0) is 30.2. The first kappa shape index (κ1) is 28.3. The Morgan fingerprint density at radius 3 is 2.57 bits per heavy atom. The summed E-state index contributed by atoms with van der Waals surface area (Å²) in [7, 11) is 0. The van der Waals surface area contributed by atoms with Gasteiger partial charge in [0.25, 0.3) is 11.8 Å². The lowest BCUT2D eigenvalue weighted by Gasteiger charge is -2.38. The molecule has 1 aliphatic rings. The van der Waals surface area contributed by atoms with Crippen molar-refractivity contribution in [1.82, 2.24) is 10.3 Å². The Hall–Kier alpha value is -5.24. The van der Waals surface area contributed by atoms with Crippen LogP contribution in [0.3, 0.4) is 0 Å². The average molecular weight is 592 g/mol. The van der Waals surface area contributed by atoms with Crippen molar-refractivity contribution in [3.8, 4) is 11.5 Å². The van der Waals surface area contributed by atoms with Gasteiger partial charge in [0, 0.05) is 22.7 Å². The summed E-state index contributed by atoms with van der Waals surface area (Å²) in [5, 5.41) is 37.8. The van der Waals surface area contributed by atoms with Gasteiger partial charge in [0.05, 0.1) is 18.0 Å². The molecule has 2 amide bonds. The maximum atomic E-state index is 13.0. The zero-order valence-electron chi connectivity index (χ0n) is 22.5. The molecule has 4 aromatic rings. The molecule has 5 rings (SSSR count). The molecule has 2 aromatic heterocycles. The highest BCUT2D eigenvalue weighted by Crippen LogP contribution is 2.29. The van der Waals surface area contributed by atoms with E-state index in [0.717, 1.165) is 27.8 Å². The minimum atomic E-state index is -1.71. The Labute approximate surface area is 243 Å². The van der Waals surface area contributed by atoms with E-state index in [4.69, 9.17) is 10.6 Å². The Morgan fingerprint density at radius 2 is 1.93 bits per heavy atom. The number of amides is 2. The van der Waals surface area contributed by atoms with Crippen LogP contribution in [0, 0.1) is 0 Å². The number of aliphatic carboxylic acids is 1. The van der Waals surface area contributed by atoms with E-state index >= 15 is 0 Å². The van der Waals surface area contributed by atoms with Gasteiger partial charge >= 0.3 is 5.97 Å². The number of thiazole rings is 1. The number of fused-ring (bicyclic) bond motifs is 1. The standard InChI is InChI=1S/C28H26N6O7S/c1-28(2,26(39)40)41-32-23(19-14-42-27(29)31-19)24(37)30-18-13-34(25(18)38)17-7-5-15(6-8-17)12-33-9-3-4-16-10-21(35)22(36)11-20(16)33/h3-11,14,18H,12-13H2,1-2H3,(H5,29,30,31,35,37,39,40)/p+1/b32-23-/t18-/m0/s1. The topological polar surface area (TPSA) is 192 Å². The number of aromatic nitrogens is 2. The Bertz CT molecular complexity index is 1730. The SMILES string of the molecule is CC(C)(O/N=C(\C(=O)N[C@H]1CN(c2ccc(C[n+]3cccc4cc(O)c(O)cc43)cc2)C1=O)c1csc(N)n1)C(=O)O. The van der Waals surface area contributed by atoms with Crippen LogP contribution in [-0.2, 0) is 25.8 Å². The summed E-state index contributed by atoms with van der Waals surface area (Å²) in [6.07, 6.45) is 1.87. The number of oxime groups is 1. The van der Waals surface area contributed by atoms with Gasteiger partial charge in [-0.1, -0.05) is 17.3 Å². The molecule has 0 unspecified atom stereocenters. The summed E-state index contributed by atoms with van der Waals surface area (Å²) in [6, 6.07) is 13.2. The number of carboxylic acids is 1. The van der Waals surface area contributed by atoms with Gasteiger partial charge in [0.15, 0.2) is 35.1 Å². The van der Waals surface area contributed by atoms with Gasteiger partial charge < -0.3 is 36.1 Å². The second-order valence-corrected chi connectivity index (χ2v) is 11.0. The lowest BCUT2D eigenvalue weighted by atomic mass is 10.0. The number of benzene rings is 2. The molecule has 1 fully saturated rings. The van der Waals surface area contributed by atoms with Gasteiger partial charge in [-0.3, -0.25) is 9.59 Å². The summed E-state index contributed by atoms with van der Waals surface area (Å²) < 4.78 is 1.93. The van der Waals surface area contributed by atoms with E-state index in [1.165, 1.54) is 36.3 Å². The smallest absolute Gasteiger partial charge is 0.350 e. The van der Waals surface area contributed by atoms with Crippen LogP contribution in [0.4, 0.5) is 10.8 Å². The number of nitrogens with two attached hydrogens (primary N) is 1. The Balaban J connectivity index is 1.25. The molecule has 3 heterocycles. The molecule has 1 atom stereocenters. The number of hydrogen-bond donors (Lipinski definition) is 5. The van der Waals surface area contributed by atoms with E-state index in [2.05, 4.69) is 15.5 Å². The summed E-state index contributed by atoms with van der Waals surface area (Å²) in [6.45, 7) is 3.25. The molecular formula is C28H27N6O7S+. The molecule has 13 nitrogen and oxygen atoms in total. The molecule has 14 heteroatoms. The fraction of sp³-hybridized carbons (Fsp3) is 0.214. The predicted molar refractivity (Wildman–Crippen MR) is 153 cm³/mol. The average Bonchev–Trinajstić information content (AvgIpc) is 3.38. The molecule has 1 aliphatic heterocycles. The molecule has 1 saturated heterocycles. The monoisotopic (exact) mass is 591 g/mol. The largest absolute Gasteiger partial charge is 0.504 e. The summed E-state index contributed by atoms with van der Waals surface area (Å²) in [4.78, 5) is 48.0. The van der Waals surface area contributed by atoms with E-state index in [-0.39, 0.29) is 40.5 Å².